The van der Waals surface area contributed by atoms with Gasteiger partial charge in [-0.15, -0.1) is 11.3 Å². The van der Waals surface area contributed by atoms with E-state index in [-0.39, 0.29) is 21.7 Å². The zero-order valence-corrected chi connectivity index (χ0v) is 8.09. The Morgan fingerprint density at radius 1 is 1.69 bits per heavy atom. The smallest absolute Gasteiger partial charge is 0.348 e. The third-order valence-electron chi connectivity index (χ3n) is 1.10. The largest absolute Gasteiger partial charge is 0.477 e. The van der Waals surface area contributed by atoms with Gasteiger partial charge in [0.2, 0.25) is 0 Å². The van der Waals surface area contributed by atoms with E-state index in [0.717, 1.165) is 11.3 Å². The zero-order valence-electron chi connectivity index (χ0n) is 6.45. The van der Waals surface area contributed by atoms with E-state index in [2.05, 4.69) is 4.98 Å². The van der Waals surface area contributed by atoms with Crippen molar-refractivity contribution in [3.8, 4) is 0 Å². The summed E-state index contributed by atoms with van der Waals surface area (Å²) in [6, 6.07) is 0. The topological polar surface area (TPSA) is 50.2 Å². The van der Waals surface area contributed by atoms with Crippen molar-refractivity contribution in [2.24, 2.45) is 0 Å². The number of aromatic nitrogens is 1. The third-order valence-corrected chi connectivity index (χ3v) is 2.88. The van der Waals surface area contributed by atoms with Crippen LogP contribution in [0.2, 0.25) is 0 Å². The fourth-order valence-electron chi connectivity index (χ4n) is 0.707. The predicted octanol–water partition coefficient (Wildman–Crippen LogP) is 2.46. The van der Waals surface area contributed by atoms with Crippen molar-refractivity contribution in [1.29, 1.82) is 0 Å². The first-order valence-electron chi connectivity index (χ1n) is 3.16. The summed E-state index contributed by atoms with van der Waals surface area (Å²) in [5.41, 5.74) is 0. The van der Waals surface area contributed by atoms with Gasteiger partial charge in [0, 0.05) is 0 Å². The lowest BCUT2D eigenvalue weighted by Gasteiger charge is -1.95. The Morgan fingerprint density at radius 3 is 2.77 bits per heavy atom. The molecule has 0 aliphatic rings. The molecule has 0 aromatic carbocycles. The van der Waals surface area contributed by atoms with Crippen LogP contribution in [-0.4, -0.2) is 21.8 Å². The molecule has 1 aromatic heterocycles. The number of nitrogens with zero attached hydrogens (tertiary/aromatic N) is 1. The number of hydrogen-bond acceptors (Lipinski definition) is 4. The second-order valence-corrected chi connectivity index (χ2v) is 4.23. The molecule has 1 aromatic rings. The molecule has 1 heterocycles. The van der Waals surface area contributed by atoms with Crippen molar-refractivity contribution in [1.82, 2.24) is 4.98 Å². The molecule has 0 saturated carbocycles. The normalized spacial score (nSPS) is 10.8. The first-order chi connectivity index (χ1) is 6.00. The highest BCUT2D eigenvalue weighted by Crippen LogP contribution is 2.31. The summed E-state index contributed by atoms with van der Waals surface area (Å²) in [6.07, 6.45) is 0. The van der Waals surface area contributed by atoms with Crippen LogP contribution in [0.1, 0.15) is 14.7 Å². The van der Waals surface area contributed by atoms with E-state index in [0.29, 0.717) is 5.01 Å². The van der Waals surface area contributed by atoms with Gasteiger partial charge < -0.3 is 5.11 Å². The molecule has 0 aliphatic heterocycles. The van der Waals surface area contributed by atoms with Gasteiger partial charge in [-0.2, -0.15) is 8.78 Å². The van der Waals surface area contributed by atoms with Gasteiger partial charge in [0.05, 0.1) is 5.01 Å². The van der Waals surface area contributed by atoms with Crippen LogP contribution in [0, 0.1) is 6.92 Å². The molecule has 0 bridgehead atoms. The highest BCUT2D eigenvalue weighted by Gasteiger charge is 2.19. The van der Waals surface area contributed by atoms with Gasteiger partial charge in [-0.25, -0.2) is 9.78 Å². The molecule has 1 rings (SSSR count). The summed E-state index contributed by atoms with van der Waals surface area (Å²) in [5.74, 6) is -3.85. The molecular weight excluding hydrogens is 220 g/mol. The van der Waals surface area contributed by atoms with Crippen LogP contribution in [0.5, 0.6) is 0 Å². The van der Waals surface area contributed by atoms with Crippen molar-refractivity contribution >= 4 is 29.1 Å². The summed E-state index contributed by atoms with van der Waals surface area (Å²) < 4.78 is 23.8. The van der Waals surface area contributed by atoms with Gasteiger partial charge in [-0.05, 0) is 18.7 Å². The summed E-state index contributed by atoms with van der Waals surface area (Å²) in [4.78, 5) is 14.1. The highest BCUT2D eigenvalue weighted by atomic mass is 32.2. The number of thiazole rings is 1. The molecular formula is C6H5F2NO2S2. The van der Waals surface area contributed by atoms with E-state index in [4.69, 9.17) is 5.11 Å². The Labute approximate surface area is 80.8 Å². The fraction of sp³-hybridized carbons (Fsp3) is 0.333. The molecule has 0 aliphatic carbocycles. The minimum Gasteiger partial charge on any atom is -0.477 e. The fourth-order valence-corrected chi connectivity index (χ4v) is 2.24. The minimum atomic E-state index is -2.64. The number of aromatic carboxylic acids is 1. The van der Waals surface area contributed by atoms with Crippen molar-refractivity contribution in [2.75, 3.05) is 0 Å². The summed E-state index contributed by atoms with van der Waals surface area (Å²) in [6.45, 7) is 1.58. The van der Waals surface area contributed by atoms with Crippen LogP contribution in [0.3, 0.4) is 0 Å². The Hall–Kier alpha value is -0.690. The van der Waals surface area contributed by atoms with Crippen molar-refractivity contribution in [3.63, 3.8) is 0 Å². The maximum Gasteiger partial charge on any atom is 0.348 e. The van der Waals surface area contributed by atoms with Gasteiger partial charge in [0.25, 0.3) is 5.76 Å². The number of carboxylic acids is 1. The van der Waals surface area contributed by atoms with Crippen molar-refractivity contribution in [3.05, 3.63) is 9.88 Å². The second-order valence-electron chi connectivity index (χ2n) is 2.05. The van der Waals surface area contributed by atoms with E-state index in [9.17, 15) is 13.6 Å². The molecule has 1 N–H and O–H groups in total. The quantitative estimate of drug-likeness (QED) is 0.803. The van der Waals surface area contributed by atoms with E-state index in [1.165, 1.54) is 0 Å². The number of hydrogen-bond donors (Lipinski definition) is 1. The number of halogens is 2. The van der Waals surface area contributed by atoms with E-state index >= 15 is 0 Å². The van der Waals surface area contributed by atoms with E-state index in [1.54, 1.807) is 6.92 Å². The average molecular weight is 225 g/mol. The summed E-state index contributed by atoms with van der Waals surface area (Å²) >= 11 is 1.06. The van der Waals surface area contributed by atoms with Gasteiger partial charge in [-0.3, -0.25) is 0 Å². The molecule has 0 unspecified atom stereocenters. The summed E-state index contributed by atoms with van der Waals surface area (Å²) in [7, 11) is 0. The lowest BCUT2D eigenvalue weighted by Crippen LogP contribution is -1.95. The lowest BCUT2D eigenvalue weighted by atomic mass is 10.6. The maximum absolute atomic E-state index is 11.9. The van der Waals surface area contributed by atoms with E-state index < -0.39 is 11.7 Å². The molecule has 0 radical (unpaired) electrons. The van der Waals surface area contributed by atoms with Crippen molar-refractivity contribution in [2.45, 2.75) is 17.7 Å². The van der Waals surface area contributed by atoms with Gasteiger partial charge in [0.15, 0.2) is 0 Å². The molecule has 0 saturated heterocycles. The molecule has 0 fully saturated rings. The summed E-state index contributed by atoms with van der Waals surface area (Å²) in [5, 5.41) is 8.97. The van der Waals surface area contributed by atoms with Crippen LogP contribution in [-0.2, 0) is 0 Å². The first-order valence-corrected chi connectivity index (χ1v) is 4.86. The number of rotatable bonds is 3. The van der Waals surface area contributed by atoms with Gasteiger partial charge in [-0.1, -0.05) is 0 Å². The average Bonchev–Trinajstić information content (AvgIpc) is 2.29. The predicted molar refractivity (Wildman–Crippen MR) is 45.7 cm³/mol. The van der Waals surface area contributed by atoms with Crippen LogP contribution < -0.4 is 0 Å². The number of carbonyl (C=O) groups is 1. The van der Waals surface area contributed by atoms with Crippen LogP contribution in [0.4, 0.5) is 8.78 Å². The molecule has 3 nitrogen and oxygen atoms in total. The van der Waals surface area contributed by atoms with Crippen molar-refractivity contribution < 1.29 is 18.7 Å². The molecule has 13 heavy (non-hydrogen) atoms. The maximum atomic E-state index is 11.9. The number of carboxylic acid groups (broad SMARTS) is 1. The third kappa shape index (κ3) is 2.63. The van der Waals surface area contributed by atoms with Crippen LogP contribution in [0.15, 0.2) is 5.03 Å². The monoisotopic (exact) mass is 225 g/mol. The Balaban J connectivity index is 2.97. The molecule has 0 atom stereocenters. The SMILES string of the molecule is Cc1nc(SC(F)F)c(C(=O)O)s1. The van der Waals surface area contributed by atoms with Crippen LogP contribution in [0.25, 0.3) is 0 Å². The Kier molecular flexibility index (Phi) is 3.21. The van der Waals surface area contributed by atoms with E-state index in [1.807, 2.05) is 0 Å². The standard InChI is InChI=1S/C6H5F2NO2S2/c1-2-9-4(13-6(7)8)3(12-2)5(10)11/h6H,1H3,(H,10,11). The molecule has 72 valence electrons. The molecule has 0 spiro atoms. The highest BCUT2D eigenvalue weighted by molar-refractivity contribution is 7.99. The number of thioether (sulfide) groups is 1. The number of aryl methyl sites for hydroxylation is 1. The zero-order chi connectivity index (χ0) is 10.0. The Bertz CT molecular complexity index is 326. The number of alkyl halides is 2. The van der Waals surface area contributed by atoms with Gasteiger partial charge >= 0.3 is 5.97 Å². The Morgan fingerprint density at radius 2 is 2.31 bits per heavy atom. The molecule has 7 heteroatoms. The van der Waals surface area contributed by atoms with Crippen LogP contribution >= 0.6 is 23.1 Å². The minimum absolute atomic E-state index is 0.106. The molecule has 0 amide bonds. The lowest BCUT2D eigenvalue weighted by molar-refractivity contribution is 0.0698. The van der Waals surface area contributed by atoms with Gasteiger partial charge in [0.1, 0.15) is 9.90 Å². The second kappa shape index (κ2) is 4.01. The first kappa shape index (κ1) is 10.4.